The van der Waals surface area contributed by atoms with Gasteiger partial charge in [-0.15, -0.1) is 0 Å². The first-order valence-electron chi connectivity index (χ1n) is 13.2. The lowest BCUT2D eigenvalue weighted by Crippen LogP contribution is -2.61. The summed E-state index contributed by atoms with van der Waals surface area (Å²) < 4.78 is 0. The van der Waals surface area contributed by atoms with Gasteiger partial charge in [0.15, 0.2) is 5.82 Å². The second-order valence-electron chi connectivity index (χ2n) is 10.9. The van der Waals surface area contributed by atoms with Crippen molar-refractivity contribution >= 4 is 39.7 Å². The Balaban J connectivity index is 1.19. The molecule has 2 fully saturated rings. The molecule has 0 radical (unpaired) electrons. The van der Waals surface area contributed by atoms with Gasteiger partial charge in [0.2, 0.25) is 5.91 Å². The van der Waals surface area contributed by atoms with Crippen LogP contribution in [0.25, 0.3) is 21.9 Å². The number of imidazole rings is 1. The number of para-hydroxylation sites is 3. The van der Waals surface area contributed by atoms with Crippen LogP contribution in [-0.4, -0.2) is 73.2 Å². The van der Waals surface area contributed by atoms with E-state index in [2.05, 4.69) is 20.3 Å². The molecule has 0 aliphatic carbocycles. The van der Waals surface area contributed by atoms with Crippen molar-refractivity contribution in [1.29, 1.82) is 0 Å². The number of nitrogens with one attached hydrogen (secondary N) is 3. The fourth-order valence-electron chi connectivity index (χ4n) is 6.02. The number of hydrogen-bond donors (Lipinski definition) is 3. The molecule has 2 aliphatic rings. The standard InChI is InChI=1S/C29H32N6O3/c1-4-17(2)24(33-26(36)23-13-18-9-5-6-10-20(18)30-23)27(37)35-15-19-14-29(35,3)16-34(19)28(38)25-31-21-11-7-8-12-22(21)32-25/h5-13,17,19,24,30H,4,14-16H2,1-3H3,(H,31,32)(H,33,36). The molecule has 3 N–H and O–H groups in total. The Labute approximate surface area is 220 Å². The van der Waals surface area contributed by atoms with Gasteiger partial charge in [0, 0.05) is 24.0 Å². The van der Waals surface area contributed by atoms with E-state index in [1.54, 1.807) is 0 Å². The Hall–Kier alpha value is -4.14. The lowest BCUT2D eigenvalue weighted by Gasteiger charge is -2.42. The molecule has 4 heterocycles. The van der Waals surface area contributed by atoms with Crippen LogP contribution in [-0.2, 0) is 4.79 Å². The average molecular weight is 513 g/mol. The number of hydrogen-bond acceptors (Lipinski definition) is 4. The second-order valence-corrected chi connectivity index (χ2v) is 10.9. The number of piperazine rings is 1. The van der Waals surface area contributed by atoms with Crippen LogP contribution >= 0.6 is 0 Å². The number of likely N-dealkylation sites (tertiary alicyclic amines) is 2. The van der Waals surface area contributed by atoms with E-state index >= 15 is 0 Å². The molecule has 2 aromatic heterocycles. The van der Waals surface area contributed by atoms with Crippen LogP contribution in [0.5, 0.6) is 0 Å². The van der Waals surface area contributed by atoms with E-state index in [4.69, 9.17) is 0 Å². The predicted molar refractivity (Wildman–Crippen MR) is 145 cm³/mol. The Kier molecular flexibility index (Phi) is 5.74. The van der Waals surface area contributed by atoms with Crippen molar-refractivity contribution in [1.82, 2.24) is 30.1 Å². The van der Waals surface area contributed by atoms with Crippen LogP contribution in [0.2, 0.25) is 0 Å². The van der Waals surface area contributed by atoms with Crippen molar-refractivity contribution < 1.29 is 14.4 Å². The smallest absolute Gasteiger partial charge is 0.290 e. The van der Waals surface area contributed by atoms with Crippen LogP contribution in [0, 0.1) is 5.92 Å². The number of nitrogens with zero attached hydrogens (tertiary/aromatic N) is 3. The Morgan fingerprint density at radius 2 is 1.84 bits per heavy atom. The van der Waals surface area contributed by atoms with Crippen LogP contribution in [0.1, 0.15) is 54.7 Å². The number of aromatic amines is 2. The maximum atomic E-state index is 13.9. The van der Waals surface area contributed by atoms with E-state index in [1.807, 2.05) is 85.2 Å². The molecule has 2 aliphatic heterocycles. The molecule has 196 valence electrons. The third-order valence-corrected chi connectivity index (χ3v) is 8.33. The molecule has 2 aromatic carbocycles. The zero-order valence-electron chi connectivity index (χ0n) is 21.8. The fraction of sp³-hybridized carbons (Fsp3) is 0.379. The number of benzene rings is 2. The van der Waals surface area contributed by atoms with E-state index in [1.165, 1.54) is 0 Å². The van der Waals surface area contributed by atoms with Crippen molar-refractivity contribution in [2.45, 2.75) is 51.2 Å². The van der Waals surface area contributed by atoms with Crippen LogP contribution in [0.15, 0.2) is 54.6 Å². The first kappa shape index (κ1) is 24.2. The van der Waals surface area contributed by atoms with Gasteiger partial charge in [-0.1, -0.05) is 50.6 Å². The highest BCUT2D eigenvalue weighted by molar-refractivity contribution is 6.00. The lowest BCUT2D eigenvalue weighted by molar-refractivity contribution is -0.139. The minimum atomic E-state index is -0.658. The molecule has 3 amide bonds. The van der Waals surface area contributed by atoms with Gasteiger partial charge in [0.1, 0.15) is 11.7 Å². The summed E-state index contributed by atoms with van der Waals surface area (Å²) in [5.41, 5.74) is 2.39. The van der Waals surface area contributed by atoms with Crippen molar-refractivity contribution in [3.05, 3.63) is 66.1 Å². The van der Waals surface area contributed by atoms with Gasteiger partial charge < -0.3 is 25.1 Å². The topological polar surface area (TPSA) is 114 Å². The largest absolute Gasteiger partial charge is 0.351 e. The molecule has 9 heteroatoms. The Bertz CT molecular complexity index is 1490. The van der Waals surface area contributed by atoms with Crippen LogP contribution in [0.3, 0.4) is 0 Å². The molecular formula is C29H32N6O3. The molecule has 0 saturated carbocycles. The normalized spacial score (nSPS) is 22.2. The van der Waals surface area contributed by atoms with Gasteiger partial charge in [0.05, 0.1) is 22.6 Å². The quantitative estimate of drug-likeness (QED) is 0.365. The minimum absolute atomic E-state index is 0.0492. The molecule has 38 heavy (non-hydrogen) atoms. The number of carbonyl (C=O) groups is 3. The number of rotatable bonds is 6. The number of aromatic nitrogens is 3. The van der Waals surface area contributed by atoms with Gasteiger partial charge in [-0.2, -0.15) is 0 Å². The highest BCUT2D eigenvalue weighted by Crippen LogP contribution is 2.41. The van der Waals surface area contributed by atoms with Gasteiger partial charge in [-0.05, 0) is 43.5 Å². The van der Waals surface area contributed by atoms with E-state index in [0.29, 0.717) is 31.0 Å². The predicted octanol–water partition coefficient (Wildman–Crippen LogP) is 3.70. The highest BCUT2D eigenvalue weighted by atomic mass is 16.2. The lowest BCUT2D eigenvalue weighted by atomic mass is 9.94. The van der Waals surface area contributed by atoms with Gasteiger partial charge in [-0.25, -0.2) is 4.98 Å². The average Bonchev–Trinajstić information content (AvgIpc) is 3.69. The summed E-state index contributed by atoms with van der Waals surface area (Å²) in [5, 5.41) is 3.96. The molecule has 2 saturated heterocycles. The summed E-state index contributed by atoms with van der Waals surface area (Å²) in [6, 6.07) is 16.3. The Morgan fingerprint density at radius 1 is 1.11 bits per heavy atom. The number of carbonyl (C=O) groups excluding carboxylic acids is 3. The fourth-order valence-corrected chi connectivity index (χ4v) is 6.02. The third-order valence-electron chi connectivity index (χ3n) is 8.33. The van der Waals surface area contributed by atoms with Crippen molar-refractivity contribution in [3.8, 4) is 0 Å². The van der Waals surface area contributed by atoms with Crippen molar-refractivity contribution in [3.63, 3.8) is 0 Å². The highest BCUT2D eigenvalue weighted by Gasteiger charge is 2.56. The van der Waals surface area contributed by atoms with Gasteiger partial charge >= 0.3 is 0 Å². The number of fused-ring (bicyclic) bond motifs is 4. The number of amides is 3. The summed E-state index contributed by atoms with van der Waals surface area (Å²) in [7, 11) is 0. The summed E-state index contributed by atoms with van der Waals surface area (Å²) >= 11 is 0. The molecule has 2 bridgehead atoms. The van der Waals surface area contributed by atoms with E-state index in [9.17, 15) is 14.4 Å². The van der Waals surface area contributed by atoms with Gasteiger partial charge in [0.25, 0.3) is 11.8 Å². The summed E-state index contributed by atoms with van der Waals surface area (Å²) in [6.45, 7) is 6.91. The first-order valence-corrected chi connectivity index (χ1v) is 13.2. The number of H-pyrrole nitrogens is 2. The van der Waals surface area contributed by atoms with E-state index in [-0.39, 0.29) is 29.7 Å². The summed E-state index contributed by atoms with van der Waals surface area (Å²) in [6.07, 6.45) is 1.45. The zero-order chi connectivity index (χ0) is 26.6. The monoisotopic (exact) mass is 512 g/mol. The van der Waals surface area contributed by atoms with Crippen molar-refractivity contribution in [2.24, 2.45) is 5.92 Å². The molecular weight excluding hydrogens is 480 g/mol. The third kappa shape index (κ3) is 3.93. The van der Waals surface area contributed by atoms with Crippen LogP contribution in [0.4, 0.5) is 0 Å². The minimum Gasteiger partial charge on any atom is -0.351 e. The first-order chi connectivity index (χ1) is 18.3. The molecule has 0 spiro atoms. The summed E-state index contributed by atoms with van der Waals surface area (Å²) in [4.78, 5) is 55.0. The SMILES string of the molecule is CCC(C)C(NC(=O)c1cc2ccccc2[nH]1)C(=O)N1CC2CC1(C)CN2C(=O)c1nc2ccccc2[nH]1. The zero-order valence-corrected chi connectivity index (χ0v) is 21.8. The maximum absolute atomic E-state index is 13.9. The molecule has 6 rings (SSSR count). The molecule has 4 unspecified atom stereocenters. The van der Waals surface area contributed by atoms with Gasteiger partial charge in [-0.3, -0.25) is 14.4 Å². The maximum Gasteiger partial charge on any atom is 0.290 e. The van der Waals surface area contributed by atoms with Crippen LogP contribution < -0.4 is 5.32 Å². The Morgan fingerprint density at radius 3 is 2.53 bits per heavy atom. The van der Waals surface area contributed by atoms with E-state index in [0.717, 1.165) is 28.4 Å². The molecule has 9 nitrogen and oxygen atoms in total. The summed E-state index contributed by atoms with van der Waals surface area (Å²) in [5.74, 6) is -0.261. The molecule has 4 aromatic rings. The molecule has 4 atom stereocenters. The van der Waals surface area contributed by atoms with Crippen molar-refractivity contribution in [2.75, 3.05) is 13.1 Å². The van der Waals surface area contributed by atoms with E-state index < -0.39 is 11.6 Å². The second kappa shape index (κ2) is 9.01.